The molecule has 0 radical (unpaired) electrons. The van der Waals surface area contributed by atoms with Crippen LogP contribution in [0.4, 0.5) is 23.3 Å². The molecule has 0 bridgehead atoms. The molecule has 0 aliphatic rings. The van der Waals surface area contributed by atoms with Gasteiger partial charge in [-0.3, -0.25) is 0 Å². The van der Waals surface area contributed by atoms with Crippen molar-refractivity contribution < 1.29 is 0 Å². The number of nitrogens with two attached hydrogens (primary N) is 2. The van der Waals surface area contributed by atoms with Crippen LogP contribution >= 0.6 is 11.6 Å². The summed E-state index contributed by atoms with van der Waals surface area (Å²) in [5, 5.41) is 3.74. The molecule has 0 saturated carbocycles. The number of hydrogen-bond donors (Lipinski definition) is 3. The van der Waals surface area contributed by atoms with E-state index in [0.29, 0.717) is 16.7 Å². The summed E-state index contributed by atoms with van der Waals surface area (Å²) in [7, 11) is 0. The highest BCUT2D eigenvalue weighted by molar-refractivity contribution is 6.31. The van der Waals surface area contributed by atoms with Crippen LogP contribution in [0.25, 0.3) is 0 Å². The van der Waals surface area contributed by atoms with Gasteiger partial charge in [-0.2, -0.15) is 9.97 Å². The highest BCUT2D eigenvalue weighted by Crippen LogP contribution is 2.23. The maximum atomic E-state index is 6.02. The van der Waals surface area contributed by atoms with Crippen molar-refractivity contribution in [2.24, 2.45) is 0 Å². The number of benzene rings is 1. The molecule has 6 heteroatoms. The van der Waals surface area contributed by atoms with Crippen LogP contribution in [-0.4, -0.2) is 9.97 Å². The lowest BCUT2D eigenvalue weighted by atomic mass is 10.2. The number of aryl methyl sites for hydroxylation is 1. The molecule has 0 unspecified atom stereocenters. The lowest BCUT2D eigenvalue weighted by Crippen LogP contribution is -2.02. The number of hydrogen-bond acceptors (Lipinski definition) is 5. The third-order valence-corrected chi connectivity index (χ3v) is 2.61. The highest BCUT2D eigenvalue weighted by atomic mass is 35.5. The number of rotatable bonds is 2. The fourth-order valence-electron chi connectivity index (χ4n) is 1.37. The first-order chi connectivity index (χ1) is 8.04. The molecule has 0 saturated heterocycles. The van der Waals surface area contributed by atoms with E-state index in [-0.39, 0.29) is 5.95 Å². The van der Waals surface area contributed by atoms with Gasteiger partial charge in [-0.15, -0.1) is 0 Å². The monoisotopic (exact) mass is 249 g/mol. The predicted molar refractivity (Wildman–Crippen MR) is 70.3 cm³/mol. The van der Waals surface area contributed by atoms with Crippen LogP contribution < -0.4 is 16.8 Å². The third-order valence-electron chi connectivity index (χ3n) is 2.21. The molecule has 1 aromatic carbocycles. The average molecular weight is 250 g/mol. The van der Waals surface area contributed by atoms with Gasteiger partial charge in [-0.1, -0.05) is 17.7 Å². The minimum atomic E-state index is 0.130. The number of anilines is 4. The van der Waals surface area contributed by atoms with Crippen molar-refractivity contribution in [1.82, 2.24) is 9.97 Å². The van der Waals surface area contributed by atoms with Crippen LogP contribution in [0.2, 0.25) is 5.02 Å². The predicted octanol–water partition coefficient (Wildman–Crippen LogP) is 2.35. The Labute approximate surface area is 104 Å². The van der Waals surface area contributed by atoms with Gasteiger partial charge < -0.3 is 16.8 Å². The summed E-state index contributed by atoms with van der Waals surface area (Å²) in [5.41, 5.74) is 12.9. The van der Waals surface area contributed by atoms with E-state index in [1.54, 1.807) is 6.07 Å². The van der Waals surface area contributed by atoms with Gasteiger partial charge in [-0.05, 0) is 24.6 Å². The Morgan fingerprint density at radius 3 is 2.59 bits per heavy atom. The van der Waals surface area contributed by atoms with Gasteiger partial charge >= 0.3 is 0 Å². The summed E-state index contributed by atoms with van der Waals surface area (Å²) in [5.74, 6) is 0.985. The Hall–Kier alpha value is -2.01. The zero-order chi connectivity index (χ0) is 12.4. The van der Waals surface area contributed by atoms with Gasteiger partial charge in [-0.25, -0.2) is 0 Å². The molecule has 0 amide bonds. The molecule has 1 aromatic heterocycles. The summed E-state index contributed by atoms with van der Waals surface area (Å²) in [6.45, 7) is 1.94. The summed E-state index contributed by atoms with van der Waals surface area (Å²) >= 11 is 6.02. The minimum absolute atomic E-state index is 0.130. The molecule has 0 aliphatic heterocycles. The zero-order valence-corrected chi connectivity index (χ0v) is 9.99. The molecule has 0 aliphatic carbocycles. The van der Waals surface area contributed by atoms with E-state index >= 15 is 0 Å². The van der Waals surface area contributed by atoms with E-state index in [2.05, 4.69) is 15.3 Å². The van der Waals surface area contributed by atoms with E-state index in [0.717, 1.165) is 11.3 Å². The maximum absolute atomic E-state index is 6.02. The van der Waals surface area contributed by atoms with Crippen molar-refractivity contribution in [3.05, 3.63) is 34.9 Å². The number of nitrogen functional groups attached to an aromatic ring is 2. The molecule has 0 atom stereocenters. The van der Waals surface area contributed by atoms with E-state index in [4.69, 9.17) is 23.1 Å². The first kappa shape index (κ1) is 11.5. The Bertz CT molecular complexity index is 535. The van der Waals surface area contributed by atoms with Crippen molar-refractivity contribution in [2.45, 2.75) is 6.92 Å². The van der Waals surface area contributed by atoms with Gasteiger partial charge in [0.1, 0.15) is 11.6 Å². The molecule has 5 N–H and O–H groups in total. The largest absolute Gasteiger partial charge is 0.383 e. The van der Waals surface area contributed by atoms with Crippen LogP contribution in [0.1, 0.15) is 5.56 Å². The molecule has 0 spiro atoms. The summed E-state index contributed by atoms with van der Waals surface area (Å²) in [6.07, 6.45) is 0. The molecule has 0 fully saturated rings. The molecular weight excluding hydrogens is 238 g/mol. The second kappa shape index (κ2) is 4.47. The second-order valence-electron chi connectivity index (χ2n) is 3.63. The Kier molecular flexibility index (Phi) is 3.01. The van der Waals surface area contributed by atoms with Gasteiger partial charge in [0.25, 0.3) is 0 Å². The first-order valence-electron chi connectivity index (χ1n) is 4.98. The molecular formula is C11H12ClN5. The van der Waals surface area contributed by atoms with Crippen LogP contribution in [0.15, 0.2) is 24.3 Å². The van der Waals surface area contributed by atoms with Crippen LogP contribution in [0.3, 0.4) is 0 Å². The number of halogens is 1. The second-order valence-corrected chi connectivity index (χ2v) is 4.03. The summed E-state index contributed by atoms with van der Waals surface area (Å²) in [6, 6.07) is 7.23. The Morgan fingerprint density at radius 2 is 1.94 bits per heavy atom. The van der Waals surface area contributed by atoms with Crippen LogP contribution in [-0.2, 0) is 0 Å². The highest BCUT2D eigenvalue weighted by Gasteiger charge is 2.02. The van der Waals surface area contributed by atoms with Crippen molar-refractivity contribution >= 4 is 34.9 Å². The minimum Gasteiger partial charge on any atom is -0.383 e. The van der Waals surface area contributed by atoms with Crippen molar-refractivity contribution in [3.8, 4) is 0 Å². The zero-order valence-electron chi connectivity index (χ0n) is 9.24. The van der Waals surface area contributed by atoms with Crippen molar-refractivity contribution in [2.75, 3.05) is 16.8 Å². The number of aromatic nitrogens is 2. The van der Waals surface area contributed by atoms with Gasteiger partial charge in [0.2, 0.25) is 5.95 Å². The molecule has 1 heterocycles. The standard InChI is InChI=1S/C11H12ClN5/c1-6-2-3-7(4-8(6)12)15-10-5-9(13)16-11(14)17-10/h2-5H,1H3,(H5,13,14,15,16,17). The van der Waals surface area contributed by atoms with Gasteiger partial charge in [0, 0.05) is 16.8 Å². The van der Waals surface area contributed by atoms with E-state index in [1.807, 2.05) is 25.1 Å². The van der Waals surface area contributed by atoms with Crippen molar-refractivity contribution in [3.63, 3.8) is 0 Å². The third kappa shape index (κ3) is 2.76. The smallest absolute Gasteiger partial charge is 0.223 e. The number of nitrogens with one attached hydrogen (secondary N) is 1. The van der Waals surface area contributed by atoms with Crippen molar-refractivity contribution in [1.29, 1.82) is 0 Å². The van der Waals surface area contributed by atoms with Gasteiger partial charge in [0.05, 0.1) is 0 Å². The molecule has 2 rings (SSSR count). The lowest BCUT2D eigenvalue weighted by molar-refractivity contribution is 1.19. The fraction of sp³-hybridized carbons (Fsp3) is 0.0909. The maximum Gasteiger partial charge on any atom is 0.223 e. The quantitative estimate of drug-likeness (QED) is 0.760. The first-order valence-corrected chi connectivity index (χ1v) is 5.35. The molecule has 17 heavy (non-hydrogen) atoms. The Morgan fingerprint density at radius 1 is 1.18 bits per heavy atom. The SMILES string of the molecule is Cc1ccc(Nc2cc(N)nc(N)n2)cc1Cl. The van der Waals surface area contributed by atoms with E-state index in [9.17, 15) is 0 Å². The van der Waals surface area contributed by atoms with Crippen LogP contribution in [0.5, 0.6) is 0 Å². The summed E-state index contributed by atoms with van der Waals surface area (Å²) < 4.78 is 0. The topological polar surface area (TPSA) is 89.8 Å². The van der Waals surface area contributed by atoms with Crippen LogP contribution in [0, 0.1) is 6.92 Å². The molecule has 5 nitrogen and oxygen atoms in total. The number of nitrogens with zero attached hydrogens (tertiary/aromatic N) is 2. The Balaban J connectivity index is 2.28. The average Bonchev–Trinajstić information content (AvgIpc) is 2.22. The van der Waals surface area contributed by atoms with E-state index in [1.165, 1.54) is 0 Å². The lowest BCUT2D eigenvalue weighted by Gasteiger charge is -2.08. The fourth-order valence-corrected chi connectivity index (χ4v) is 1.55. The molecule has 2 aromatic rings. The van der Waals surface area contributed by atoms with E-state index < -0.39 is 0 Å². The molecule has 88 valence electrons. The van der Waals surface area contributed by atoms with Gasteiger partial charge in [0.15, 0.2) is 0 Å². The normalized spacial score (nSPS) is 10.2. The summed E-state index contributed by atoms with van der Waals surface area (Å²) in [4.78, 5) is 7.80.